The number of aryl methyl sites for hydroxylation is 1. The Morgan fingerprint density at radius 3 is 2.17 bits per heavy atom. The number of nitrogens with one attached hydrogen (secondary N) is 3. The minimum Gasteiger partial charge on any atom is -0.390 e. The van der Waals surface area contributed by atoms with Gasteiger partial charge in [-0.2, -0.15) is 18.3 Å². The molecule has 4 N–H and O–H groups in total. The lowest BCUT2D eigenvalue weighted by molar-refractivity contribution is -0.137. The molecule has 12 heteroatoms. The smallest absolute Gasteiger partial charge is 0.390 e. The Hall–Kier alpha value is -4.52. The van der Waals surface area contributed by atoms with Gasteiger partial charge in [0.25, 0.3) is 11.8 Å². The van der Waals surface area contributed by atoms with E-state index in [0.29, 0.717) is 25.2 Å². The lowest BCUT2D eigenvalue weighted by atomic mass is 10.0. The molecule has 2 atom stereocenters. The molecule has 46 heavy (non-hydrogen) atoms. The maximum atomic E-state index is 13.4. The van der Waals surface area contributed by atoms with Gasteiger partial charge in [-0.25, -0.2) is 5.01 Å². The van der Waals surface area contributed by atoms with E-state index in [2.05, 4.69) is 21.2 Å². The van der Waals surface area contributed by atoms with Crippen LogP contribution in [0.25, 0.3) is 0 Å². The number of carbonyl (C=O) groups excluding carboxylic acids is 2. The standard InChI is InChI=1S/C34H39F3N6O3/c1-3-42(23-25-14-9-6-10-15-25)41-33(46)30-20-29(40-43(30)4-2)32(45)39-28(19-24-12-7-5-8-13-24)31(44)22-38-21-26-16-11-17-27(18-26)34(35,36)37/h5-18,20,28,31,38,44H,3-4,19,21-23H2,1-2H3,(H,39,45)(H,41,46)/t28-,31+/m0/s1. The molecular formula is C34H39F3N6O3. The van der Waals surface area contributed by atoms with Gasteiger partial charge in [0, 0.05) is 38.8 Å². The molecule has 244 valence electrons. The van der Waals surface area contributed by atoms with E-state index in [1.54, 1.807) is 11.1 Å². The zero-order valence-corrected chi connectivity index (χ0v) is 25.8. The Balaban J connectivity index is 1.44. The van der Waals surface area contributed by atoms with Crippen molar-refractivity contribution in [1.29, 1.82) is 0 Å². The zero-order valence-electron chi connectivity index (χ0n) is 25.8. The number of aliphatic hydroxyl groups is 1. The van der Waals surface area contributed by atoms with Gasteiger partial charge in [0.1, 0.15) is 5.69 Å². The minimum atomic E-state index is -4.45. The van der Waals surface area contributed by atoms with Crippen LogP contribution in [-0.2, 0) is 32.2 Å². The zero-order chi connectivity index (χ0) is 33.1. The summed E-state index contributed by atoms with van der Waals surface area (Å²) in [6.07, 6.45) is -5.27. The van der Waals surface area contributed by atoms with Crippen LogP contribution in [0.5, 0.6) is 0 Å². The van der Waals surface area contributed by atoms with E-state index in [-0.39, 0.29) is 30.9 Å². The Morgan fingerprint density at radius 2 is 1.54 bits per heavy atom. The monoisotopic (exact) mass is 636 g/mol. The molecule has 2 amide bonds. The summed E-state index contributed by atoms with van der Waals surface area (Å²) in [5, 5.41) is 23.1. The molecule has 1 aromatic heterocycles. The number of benzene rings is 3. The number of alkyl halides is 3. The van der Waals surface area contributed by atoms with Crippen LogP contribution in [0.2, 0.25) is 0 Å². The van der Waals surface area contributed by atoms with Gasteiger partial charge in [0.15, 0.2) is 5.69 Å². The molecule has 0 aliphatic heterocycles. The van der Waals surface area contributed by atoms with Crippen LogP contribution in [0.3, 0.4) is 0 Å². The molecular weight excluding hydrogens is 597 g/mol. The SMILES string of the molecule is CCN(Cc1ccccc1)NC(=O)c1cc(C(=O)N[C@@H](Cc2ccccc2)[C@H](O)CNCc2cccc(C(F)(F)F)c2)nn1CC. The Labute approximate surface area is 266 Å². The van der Waals surface area contributed by atoms with Crippen molar-refractivity contribution in [2.24, 2.45) is 0 Å². The van der Waals surface area contributed by atoms with Crippen LogP contribution >= 0.6 is 0 Å². The number of hydrazine groups is 1. The maximum Gasteiger partial charge on any atom is 0.416 e. The van der Waals surface area contributed by atoms with Gasteiger partial charge in [-0.3, -0.25) is 19.7 Å². The molecule has 0 aliphatic carbocycles. The van der Waals surface area contributed by atoms with Crippen LogP contribution in [0.15, 0.2) is 91.0 Å². The van der Waals surface area contributed by atoms with E-state index in [4.69, 9.17) is 0 Å². The first-order valence-electron chi connectivity index (χ1n) is 15.1. The maximum absolute atomic E-state index is 13.4. The van der Waals surface area contributed by atoms with E-state index in [9.17, 15) is 27.9 Å². The summed E-state index contributed by atoms with van der Waals surface area (Å²) in [6.45, 7) is 5.21. The van der Waals surface area contributed by atoms with Crippen molar-refractivity contribution in [3.63, 3.8) is 0 Å². The van der Waals surface area contributed by atoms with Gasteiger partial charge in [0.2, 0.25) is 0 Å². The fraction of sp³-hybridized carbons (Fsp3) is 0.324. The molecule has 0 saturated heterocycles. The first kappa shape index (κ1) is 34.4. The predicted molar refractivity (Wildman–Crippen MR) is 168 cm³/mol. The number of halogens is 3. The highest BCUT2D eigenvalue weighted by Gasteiger charge is 2.30. The normalized spacial score (nSPS) is 12.9. The molecule has 4 aromatic rings. The molecule has 0 radical (unpaired) electrons. The van der Waals surface area contributed by atoms with Crippen molar-refractivity contribution in [2.75, 3.05) is 13.1 Å². The van der Waals surface area contributed by atoms with E-state index in [1.165, 1.54) is 16.8 Å². The molecule has 0 aliphatic rings. The number of nitrogens with zero attached hydrogens (tertiary/aromatic N) is 3. The molecule has 0 bridgehead atoms. The van der Waals surface area contributed by atoms with E-state index in [0.717, 1.165) is 23.3 Å². The third-order valence-corrected chi connectivity index (χ3v) is 7.42. The molecule has 3 aromatic carbocycles. The summed E-state index contributed by atoms with van der Waals surface area (Å²) in [6, 6.07) is 24.6. The topological polar surface area (TPSA) is 112 Å². The van der Waals surface area contributed by atoms with Crippen molar-refractivity contribution in [3.8, 4) is 0 Å². The largest absolute Gasteiger partial charge is 0.416 e. The highest BCUT2D eigenvalue weighted by atomic mass is 19.4. The van der Waals surface area contributed by atoms with Gasteiger partial charge in [-0.05, 0) is 36.1 Å². The van der Waals surface area contributed by atoms with Gasteiger partial charge >= 0.3 is 6.18 Å². The minimum absolute atomic E-state index is 0.000646. The van der Waals surface area contributed by atoms with Crippen molar-refractivity contribution in [3.05, 3.63) is 125 Å². The number of hydrogen-bond acceptors (Lipinski definition) is 6. The van der Waals surface area contributed by atoms with Crippen molar-refractivity contribution in [1.82, 2.24) is 30.8 Å². The molecule has 0 fully saturated rings. The van der Waals surface area contributed by atoms with Crippen LogP contribution in [0, 0.1) is 0 Å². The quantitative estimate of drug-likeness (QED) is 0.142. The van der Waals surface area contributed by atoms with Gasteiger partial charge in [-0.15, -0.1) is 0 Å². The summed E-state index contributed by atoms with van der Waals surface area (Å²) in [5.41, 5.74) is 4.66. The van der Waals surface area contributed by atoms with Crippen molar-refractivity contribution >= 4 is 11.8 Å². The summed E-state index contributed by atoms with van der Waals surface area (Å²) >= 11 is 0. The van der Waals surface area contributed by atoms with Crippen molar-refractivity contribution < 1.29 is 27.9 Å². The second-order valence-corrected chi connectivity index (χ2v) is 10.8. The molecule has 0 saturated carbocycles. The van der Waals surface area contributed by atoms with Crippen LogP contribution in [-0.4, -0.2) is 56.9 Å². The lowest BCUT2D eigenvalue weighted by Crippen LogP contribution is -2.48. The van der Waals surface area contributed by atoms with Crippen LogP contribution in [0.1, 0.15) is 57.1 Å². The molecule has 9 nitrogen and oxygen atoms in total. The van der Waals surface area contributed by atoms with E-state index in [1.807, 2.05) is 74.5 Å². The number of rotatable bonds is 15. The van der Waals surface area contributed by atoms with Crippen LogP contribution in [0.4, 0.5) is 13.2 Å². The molecule has 1 heterocycles. The highest BCUT2D eigenvalue weighted by Crippen LogP contribution is 2.29. The Kier molecular flexibility index (Phi) is 12.1. The molecule has 0 unspecified atom stereocenters. The number of amides is 2. The lowest BCUT2D eigenvalue weighted by Gasteiger charge is -2.24. The third-order valence-electron chi connectivity index (χ3n) is 7.42. The first-order valence-corrected chi connectivity index (χ1v) is 15.1. The van der Waals surface area contributed by atoms with Gasteiger partial charge < -0.3 is 15.7 Å². The average molecular weight is 637 g/mol. The molecule has 4 rings (SSSR count). The van der Waals surface area contributed by atoms with Gasteiger partial charge in [0.05, 0.1) is 17.7 Å². The summed E-state index contributed by atoms with van der Waals surface area (Å²) in [5.74, 6) is -0.985. The fourth-order valence-electron chi connectivity index (χ4n) is 4.94. The number of hydrogen-bond donors (Lipinski definition) is 4. The highest BCUT2D eigenvalue weighted by molar-refractivity contribution is 5.97. The second kappa shape index (κ2) is 16.2. The number of carbonyl (C=O) groups is 2. The number of aliphatic hydroxyl groups excluding tert-OH is 1. The third kappa shape index (κ3) is 9.74. The summed E-state index contributed by atoms with van der Waals surface area (Å²) in [4.78, 5) is 26.7. The summed E-state index contributed by atoms with van der Waals surface area (Å²) in [7, 11) is 0. The molecule has 0 spiro atoms. The van der Waals surface area contributed by atoms with Crippen molar-refractivity contribution in [2.45, 2.75) is 58.2 Å². The Bertz CT molecular complexity index is 1560. The number of aromatic nitrogens is 2. The fourth-order valence-corrected chi connectivity index (χ4v) is 4.94. The predicted octanol–water partition coefficient (Wildman–Crippen LogP) is 4.58. The van der Waals surface area contributed by atoms with E-state index >= 15 is 0 Å². The Morgan fingerprint density at radius 1 is 0.891 bits per heavy atom. The average Bonchev–Trinajstić information content (AvgIpc) is 3.50. The second-order valence-electron chi connectivity index (χ2n) is 10.8. The van der Waals surface area contributed by atoms with Crippen LogP contribution < -0.4 is 16.1 Å². The first-order chi connectivity index (χ1) is 22.1. The summed E-state index contributed by atoms with van der Waals surface area (Å²) < 4.78 is 40.8. The van der Waals surface area contributed by atoms with E-state index < -0.39 is 35.7 Å². The van der Waals surface area contributed by atoms with Gasteiger partial charge in [-0.1, -0.05) is 85.8 Å².